The Hall–Kier alpha value is -2.33. The molecule has 0 saturated heterocycles. The van der Waals surface area contributed by atoms with Gasteiger partial charge < -0.3 is 14.8 Å². The fourth-order valence-electron chi connectivity index (χ4n) is 3.60. The fourth-order valence-corrected chi connectivity index (χ4v) is 3.60. The van der Waals surface area contributed by atoms with Gasteiger partial charge in [0.05, 0.1) is 14.1 Å². The summed E-state index contributed by atoms with van der Waals surface area (Å²) in [5.41, 5.74) is 4.82. The molecule has 1 atom stereocenters. The Morgan fingerprint density at radius 1 is 1.27 bits per heavy atom. The maximum absolute atomic E-state index is 12.5. The number of quaternary nitrogens is 1. The summed E-state index contributed by atoms with van der Waals surface area (Å²) in [6.07, 6.45) is 6.15. The summed E-state index contributed by atoms with van der Waals surface area (Å²) < 4.78 is 2.40. The molecule has 1 aromatic heterocycles. The largest absolute Gasteiger partial charge is 0.346 e. The zero-order chi connectivity index (χ0) is 18.7. The Kier molecular flexibility index (Phi) is 5.62. The number of aryl methyl sites for hydroxylation is 1. The molecule has 0 unspecified atom stereocenters. The van der Waals surface area contributed by atoms with Gasteiger partial charge in [0.25, 0.3) is 0 Å². The number of carbonyl (C=O) groups is 1. The topological polar surface area (TPSA) is 38.5 Å². The van der Waals surface area contributed by atoms with Crippen molar-refractivity contribution in [1.29, 1.82) is 0 Å². The van der Waals surface area contributed by atoms with Crippen LogP contribution in [-0.4, -0.2) is 31.1 Å². The van der Waals surface area contributed by atoms with Crippen molar-refractivity contribution in [3.63, 3.8) is 0 Å². The molecule has 2 aromatic rings. The zero-order valence-corrected chi connectivity index (χ0v) is 16.3. The molecule has 138 valence electrons. The molecule has 1 aliphatic rings. The average Bonchev–Trinajstić information content (AvgIpc) is 3.39. The van der Waals surface area contributed by atoms with Gasteiger partial charge in [0.15, 0.2) is 0 Å². The summed E-state index contributed by atoms with van der Waals surface area (Å²) in [6.45, 7) is 5.14. The van der Waals surface area contributed by atoms with Gasteiger partial charge in [-0.1, -0.05) is 30.3 Å². The summed E-state index contributed by atoms with van der Waals surface area (Å²) >= 11 is 0. The molecule has 0 aliphatic heterocycles. The first-order valence-corrected chi connectivity index (χ1v) is 9.46. The van der Waals surface area contributed by atoms with E-state index in [2.05, 4.69) is 56.0 Å². The van der Waals surface area contributed by atoms with Crippen LogP contribution in [0.1, 0.15) is 47.4 Å². The molecule has 1 fully saturated rings. The third kappa shape index (κ3) is 4.44. The maximum Gasteiger partial charge on any atom is 0.244 e. The first kappa shape index (κ1) is 18.5. The van der Waals surface area contributed by atoms with E-state index in [0.29, 0.717) is 6.04 Å². The van der Waals surface area contributed by atoms with Crippen LogP contribution in [-0.2, 0) is 4.79 Å². The molecule has 4 nitrogen and oxygen atoms in total. The van der Waals surface area contributed by atoms with Crippen LogP contribution in [0.5, 0.6) is 0 Å². The third-order valence-corrected chi connectivity index (χ3v) is 4.98. The second-order valence-corrected chi connectivity index (χ2v) is 7.64. The molecule has 1 aliphatic carbocycles. The van der Waals surface area contributed by atoms with Crippen LogP contribution in [0.2, 0.25) is 0 Å². The fraction of sp³-hybridized carbons (Fsp3) is 0.409. The third-order valence-electron chi connectivity index (χ3n) is 4.98. The molecule has 3 rings (SSSR count). The second-order valence-electron chi connectivity index (χ2n) is 7.64. The van der Waals surface area contributed by atoms with E-state index in [9.17, 15) is 4.79 Å². The van der Waals surface area contributed by atoms with E-state index in [1.807, 2.05) is 24.3 Å². The van der Waals surface area contributed by atoms with E-state index < -0.39 is 0 Å². The predicted octanol–water partition coefficient (Wildman–Crippen LogP) is 2.46. The van der Waals surface area contributed by atoms with Crippen LogP contribution in [0.3, 0.4) is 0 Å². The molecule has 1 amide bonds. The maximum atomic E-state index is 12.5. The monoisotopic (exact) mass is 352 g/mol. The van der Waals surface area contributed by atoms with E-state index in [1.165, 1.54) is 29.1 Å². The van der Waals surface area contributed by atoms with Crippen LogP contribution in [0.25, 0.3) is 6.08 Å². The molecule has 0 bridgehead atoms. The number of nitrogens with zero attached hydrogens (tertiary/aromatic N) is 1. The van der Waals surface area contributed by atoms with Gasteiger partial charge in [-0.15, -0.1) is 0 Å². The van der Waals surface area contributed by atoms with E-state index >= 15 is 0 Å². The molecule has 26 heavy (non-hydrogen) atoms. The van der Waals surface area contributed by atoms with Crippen molar-refractivity contribution in [2.45, 2.75) is 38.8 Å². The van der Waals surface area contributed by atoms with Crippen LogP contribution < -0.4 is 10.2 Å². The van der Waals surface area contributed by atoms with Gasteiger partial charge in [-0.25, -0.2) is 0 Å². The predicted molar refractivity (Wildman–Crippen MR) is 106 cm³/mol. The summed E-state index contributed by atoms with van der Waals surface area (Å²) in [4.78, 5) is 13.8. The van der Waals surface area contributed by atoms with E-state index in [1.54, 1.807) is 6.08 Å². The molecule has 2 N–H and O–H groups in total. The van der Waals surface area contributed by atoms with Crippen LogP contribution >= 0.6 is 0 Å². The Balaban J connectivity index is 1.70. The van der Waals surface area contributed by atoms with E-state index in [0.717, 1.165) is 17.7 Å². The highest BCUT2D eigenvalue weighted by Crippen LogP contribution is 2.38. The molecule has 0 radical (unpaired) electrons. The van der Waals surface area contributed by atoms with Crippen molar-refractivity contribution < 1.29 is 9.69 Å². The minimum absolute atomic E-state index is 0.0113. The van der Waals surface area contributed by atoms with Crippen molar-refractivity contribution in [2.24, 2.45) is 0 Å². The first-order valence-electron chi connectivity index (χ1n) is 9.46. The number of carbonyl (C=O) groups excluding carboxylic acids is 1. The highest BCUT2D eigenvalue weighted by atomic mass is 16.1. The average molecular weight is 353 g/mol. The first-order chi connectivity index (χ1) is 12.5. The van der Waals surface area contributed by atoms with E-state index in [4.69, 9.17) is 0 Å². The van der Waals surface area contributed by atoms with Gasteiger partial charge in [0.2, 0.25) is 5.91 Å². The lowest BCUT2D eigenvalue weighted by atomic mass is 10.1. The number of benzene rings is 1. The standard InChI is InChI=1S/C22H29N3O/c1-16-14-19(17(2)25(16)20-11-12-20)10-13-22(26)23-21(15-24(3)4)18-8-6-5-7-9-18/h5-10,13-14,20-21H,11-12,15H2,1-4H3,(H,23,26)/p+1/b13-10+/t21-/m0/s1. The Morgan fingerprint density at radius 2 is 1.96 bits per heavy atom. The van der Waals surface area contributed by atoms with Gasteiger partial charge in [0, 0.05) is 23.5 Å². The number of nitrogens with one attached hydrogen (secondary N) is 2. The van der Waals surface area contributed by atoms with Crippen molar-refractivity contribution in [3.05, 3.63) is 65.0 Å². The highest BCUT2D eigenvalue weighted by Gasteiger charge is 2.26. The zero-order valence-electron chi connectivity index (χ0n) is 16.3. The molecule has 1 saturated carbocycles. The summed E-state index contributed by atoms with van der Waals surface area (Å²) in [5.74, 6) is -0.0451. The van der Waals surface area contributed by atoms with Crippen LogP contribution in [0.4, 0.5) is 0 Å². The van der Waals surface area contributed by atoms with Gasteiger partial charge in [-0.2, -0.15) is 0 Å². The molecule has 1 heterocycles. The minimum atomic E-state index is -0.0451. The molecule has 4 heteroatoms. The number of hydrogen-bond acceptors (Lipinski definition) is 1. The molecular weight excluding hydrogens is 322 g/mol. The number of hydrogen-bond donors (Lipinski definition) is 2. The summed E-state index contributed by atoms with van der Waals surface area (Å²) in [6, 6.07) is 13.0. The number of aromatic nitrogens is 1. The Labute approximate surface area is 156 Å². The molecule has 1 aromatic carbocycles. The SMILES string of the molecule is Cc1cc(/C=C/C(=O)N[C@@H](C[NH+](C)C)c2ccccc2)c(C)n1C1CC1. The molecular formula is C22H30N3O+. The van der Waals surface area contributed by atoms with E-state index in [-0.39, 0.29) is 11.9 Å². The lowest BCUT2D eigenvalue weighted by molar-refractivity contribution is -0.860. The normalized spacial score (nSPS) is 15.6. The van der Waals surface area contributed by atoms with Gasteiger partial charge in [-0.3, -0.25) is 4.79 Å². The highest BCUT2D eigenvalue weighted by molar-refractivity contribution is 5.92. The number of likely N-dealkylation sites (N-methyl/N-ethyl adjacent to an activating group) is 1. The van der Waals surface area contributed by atoms with Crippen molar-refractivity contribution in [2.75, 3.05) is 20.6 Å². The van der Waals surface area contributed by atoms with Crippen LogP contribution in [0.15, 0.2) is 42.5 Å². The molecule has 0 spiro atoms. The summed E-state index contributed by atoms with van der Waals surface area (Å²) in [7, 11) is 4.20. The lowest BCUT2D eigenvalue weighted by Crippen LogP contribution is -3.06. The summed E-state index contributed by atoms with van der Waals surface area (Å²) in [5, 5.41) is 3.16. The number of rotatable bonds is 7. The van der Waals surface area contributed by atoms with Crippen molar-refractivity contribution in [3.8, 4) is 0 Å². The smallest absolute Gasteiger partial charge is 0.244 e. The van der Waals surface area contributed by atoms with Gasteiger partial charge in [0.1, 0.15) is 12.6 Å². The Bertz CT molecular complexity index is 785. The number of amides is 1. The lowest BCUT2D eigenvalue weighted by Gasteiger charge is -2.20. The second kappa shape index (κ2) is 7.92. The minimum Gasteiger partial charge on any atom is -0.346 e. The quantitative estimate of drug-likeness (QED) is 0.738. The van der Waals surface area contributed by atoms with Crippen LogP contribution in [0, 0.1) is 13.8 Å². The Morgan fingerprint density at radius 3 is 2.58 bits per heavy atom. The van der Waals surface area contributed by atoms with Gasteiger partial charge >= 0.3 is 0 Å². The van der Waals surface area contributed by atoms with Crippen molar-refractivity contribution >= 4 is 12.0 Å². The van der Waals surface area contributed by atoms with Gasteiger partial charge in [-0.05, 0) is 50.0 Å². The van der Waals surface area contributed by atoms with Crippen molar-refractivity contribution in [1.82, 2.24) is 9.88 Å².